The summed E-state index contributed by atoms with van der Waals surface area (Å²) >= 11 is 0. The van der Waals surface area contributed by atoms with Crippen LogP contribution in [0.4, 0.5) is 5.69 Å². The molecule has 3 aromatic carbocycles. The van der Waals surface area contributed by atoms with E-state index in [2.05, 4.69) is 5.32 Å². The van der Waals surface area contributed by atoms with Crippen molar-refractivity contribution < 1.29 is 22.9 Å². The number of fused-ring (bicyclic) bond motifs is 1. The summed E-state index contributed by atoms with van der Waals surface area (Å²) in [5.41, 5.74) is 1.17. The van der Waals surface area contributed by atoms with Gasteiger partial charge in [-0.3, -0.25) is 9.35 Å². The van der Waals surface area contributed by atoms with Gasteiger partial charge in [0.2, 0.25) is 0 Å². The summed E-state index contributed by atoms with van der Waals surface area (Å²) in [6.45, 7) is 1.74. The molecule has 0 aromatic heterocycles. The summed E-state index contributed by atoms with van der Waals surface area (Å²) in [4.78, 5) is 12.0. The molecule has 7 heteroatoms. The predicted molar refractivity (Wildman–Crippen MR) is 94.6 cm³/mol. The Morgan fingerprint density at radius 3 is 2.36 bits per heavy atom. The van der Waals surface area contributed by atoms with Crippen LogP contribution in [0, 0.1) is 6.92 Å². The van der Waals surface area contributed by atoms with Crippen molar-refractivity contribution in [2.75, 3.05) is 5.32 Å². The molecule has 0 aliphatic heterocycles. The van der Waals surface area contributed by atoms with E-state index in [1.807, 2.05) is 0 Å². The fourth-order valence-corrected chi connectivity index (χ4v) is 3.19. The molecule has 128 valence electrons. The molecule has 0 spiro atoms. The minimum absolute atomic E-state index is 0.0940. The van der Waals surface area contributed by atoms with Gasteiger partial charge in [0, 0.05) is 10.9 Å². The standard InChI is InChI=1S/C18H15NO5S/c1-11-7-13-9-14(25(22,23)24)10-15(17(13)16(20)8-11)19-18(21)12-5-3-2-4-6-12/h2-10,20H,1H3,(H,19,21)(H,22,23,24). The molecule has 1 amide bonds. The Morgan fingerprint density at radius 2 is 1.72 bits per heavy atom. The van der Waals surface area contributed by atoms with Gasteiger partial charge in [-0.15, -0.1) is 0 Å². The molecule has 0 heterocycles. The number of anilines is 1. The average Bonchev–Trinajstić information content (AvgIpc) is 2.53. The van der Waals surface area contributed by atoms with Crippen LogP contribution in [-0.4, -0.2) is 24.0 Å². The number of carbonyl (C=O) groups is 1. The molecule has 6 nitrogen and oxygen atoms in total. The first-order chi connectivity index (χ1) is 11.8. The molecule has 0 saturated carbocycles. The molecule has 3 rings (SSSR count). The molecule has 0 radical (unpaired) electrons. The van der Waals surface area contributed by atoms with Crippen molar-refractivity contribution in [1.29, 1.82) is 0 Å². The summed E-state index contributed by atoms with van der Waals surface area (Å²) in [5.74, 6) is -0.561. The van der Waals surface area contributed by atoms with Gasteiger partial charge in [0.25, 0.3) is 16.0 Å². The Bertz CT molecular complexity index is 1080. The van der Waals surface area contributed by atoms with Crippen LogP contribution in [0.15, 0.2) is 59.5 Å². The van der Waals surface area contributed by atoms with E-state index in [1.165, 1.54) is 12.1 Å². The highest BCUT2D eigenvalue weighted by atomic mass is 32.2. The number of aryl methyl sites for hydroxylation is 1. The lowest BCUT2D eigenvalue weighted by Crippen LogP contribution is -2.12. The highest BCUT2D eigenvalue weighted by molar-refractivity contribution is 7.85. The summed E-state index contributed by atoms with van der Waals surface area (Å²) in [5, 5.41) is 13.5. The van der Waals surface area contributed by atoms with Crippen LogP contribution >= 0.6 is 0 Å². The minimum atomic E-state index is -4.48. The Kier molecular flexibility index (Phi) is 4.20. The zero-order valence-corrected chi connectivity index (χ0v) is 14.0. The van der Waals surface area contributed by atoms with E-state index in [4.69, 9.17) is 0 Å². The summed E-state index contributed by atoms with van der Waals surface area (Å²) in [6.07, 6.45) is 0. The van der Waals surface area contributed by atoms with E-state index in [1.54, 1.807) is 43.3 Å². The molecule has 0 fully saturated rings. The molecular formula is C18H15NO5S. The van der Waals surface area contributed by atoms with Gasteiger partial charge >= 0.3 is 0 Å². The average molecular weight is 357 g/mol. The van der Waals surface area contributed by atoms with E-state index in [0.717, 1.165) is 6.07 Å². The molecule has 25 heavy (non-hydrogen) atoms. The highest BCUT2D eigenvalue weighted by Gasteiger charge is 2.18. The van der Waals surface area contributed by atoms with E-state index >= 15 is 0 Å². The zero-order valence-electron chi connectivity index (χ0n) is 13.2. The molecular weight excluding hydrogens is 342 g/mol. The predicted octanol–water partition coefficient (Wildman–Crippen LogP) is 3.35. The van der Waals surface area contributed by atoms with Crippen LogP contribution in [0.25, 0.3) is 10.8 Å². The second-order valence-electron chi connectivity index (χ2n) is 5.65. The summed E-state index contributed by atoms with van der Waals surface area (Å²) in [7, 11) is -4.48. The number of rotatable bonds is 3. The van der Waals surface area contributed by atoms with Gasteiger partial charge in [-0.1, -0.05) is 24.3 Å². The first-order valence-corrected chi connectivity index (χ1v) is 8.81. The first-order valence-electron chi connectivity index (χ1n) is 7.37. The molecule has 0 unspecified atom stereocenters. The minimum Gasteiger partial charge on any atom is -0.507 e. The zero-order chi connectivity index (χ0) is 18.2. The van der Waals surface area contributed by atoms with Crippen LogP contribution in [0.3, 0.4) is 0 Å². The molecule has 0 aliphatic carbocycles. The maximum Gasteiger partial charge on any atom is 0.294 e. The molecule has 0 atom stereocenters. The van der Waals surface area contributed by atoms with E-state index < -0.39 is 16.0 Å². The Morgan fingerprint density at radius 1 is 1.04 bits per heavy atom. The third kappa shape index (κ3) is 3.47. The van der Waals surface area contributed by atoms with Crippen LogP contribution in [0.2, 0.25) is 0 Å². The van der Waals surface area contributed by atoms with Gasteiger partial charge in [-0.25, -0.2) is 0 Å². The fourth-order valence-electron chi connectivity index (χ4n) is 2.64. The lowest BCUT2D eigenvalue weighted by Gasteiger charge is -2.13. The number of hydrogen-bond acceptors (Lipinski definition) is 4. The molecule has 0 aliphatic rings. The highest BCUT2D eigenvalue weighted by Crippen LogP contribution is 2.35. The molecule has 3 N–H and O–H groups in total. The van der Waals surface area contributed by atoms with Crippen molar-refractivity contribution in [3.05, 3.63) is 65.7 Å². The van der Waals surface area contributed by atoms with Crippen molar-refractivity contribution >= 4 is 32.5 Å². The quantitative estimate of drug-likeness (QED) is 0.624. The van der Waals surface area contributed by atoms with E-state index in [0.29, 0.717) is 21.9 Å². The first kappa shape index (κ1) is 16.9. The Hall–Kier alpha value is -2.90. The lowest BCUT2D eigenvalue weighted by molar-refractivity contribution is 0.102. The maximum atomic E-state index is 12.4. The van der Waals surface area contributed by atoms with Crippen LogP contribution in [0.1, 0.15) is 15.9 Å². The third-order valence-electron chi connectivity index (χ3n) is 3.73. The number of hydrogen-bond donors (Lipinski definition) is 3. The van der Waals surface area contributed by atoms with Crippen molar-refractivity contribution in [3.63, 3.8) is 0 Å². The van der Waals surface area contributed by atoms with Crippen LogP contribution < -0.4 is 5.32 Å². The van der Waals surface area contributed by atoms with Crippen molar-refractivity contribution in [2.45, 2.75) is 11.8 Å². The van der Waals surface area contributed by atoms with Gasteiger partial charge in [0.15, 0.2) is 0 Å². The maximum absolute atomic E-state index is 12.4. The fraction of sp³-hybridized carbons (Fsp3) is 0.0556. The van der Waals surface area contributed by atoms with Crippen molar-refractivity contribution in [1.82, 2.24) is 0 Å². The van der Waals surface area contributed by atoms with Gasteiger partial charge in [0.05, 0.1) is 10.6 Å². The van der Waals surface area contributed by atoms with E-state index in [-0.39, 0.29) is 16.3 Å². The molecule has 3 aromatic rings. The van der Waals surface area contributed by atoms with Crippen LogP contribution in [0.5, 0.6) is 5.75 Å². The largest absolute Gasteiger partial charge is 0.507 e. The number of nitrogens with one attached hydrogen (secondary N) is 1. The summed E-state index contributed by atoms with van der Waals surface area (Å²) in [6, 6.07) is 13.9. The number of phenols is 1. The topological polar surface area (TPSA) is 104 Å². The normalized spacial score (nSPS) is 11.4. The van der Waals surface area contributed by atoms with Crippen molar-refractivity contribution in [2.24, 2.45) is 0 Å². The number of phenolic OH excluding ortho intramolecular Hbond substituents is 1. The van der Waals surface area contributed by atoms with E-state index in [9.17, 15) is 22.9 Å². The van der Waals surface area contributed by atoms with Gasteiger partial charge in [0.1, 0.15) is 5.75 Å². The molecule has 0 saturated heterocycles. The number of amides is 1. The van der Waals surface area contributed by atoms with Crippen molar-refractivity contribution in [3.8, 4) is 5.75 Å². The van der Waals surface area contributed by atoms with Gasteiger partial charge in [-0.05, 0) is 48.2 Å². The lowest BCUT2D eigenvalue weighted by atomic mass is 10.0. The summed E-state index contributed by atoms with van der Waals surface area (Å²) < 4.78 is 32.4. The second kappa shape index (κ2) is 6.19. The SMILES string of the molecule is Cc1cc(O)c2c(NC(=O)c3ccccc3)cc(S(=O)(=O)O)cc2c1. The number of aromatic hydroxyl groups is 1. The number of benzene rings is 3. The van der Waals surface area contributed by atoms with Gasteiger partial charge in [-0.2, -0.15) is 8.42 Å². The van der Waals surface area contributed by atoms with Gasteiger partial charge < -0.3 is 10.4 Å². The van der Waals surface area contributed by atoms with Crippen LogP contribution in [-0.2, 0) is 10.1 Å². The monoisotopic (exact) mass is 357 g/mol. The third-order valence-corrected chi connectivity index (χ3v) is 4.56. The Balaban J connectivity index is 2.20. The second-order valence-corrected chi connectivity index (χ2v) is 7.07. The molecule has 0 bridgehead atoms. The smallest absolute Gasteiger partial charge is 0.294 e. The number of carbonyl (C=O) groups excluding carboxylic acids is 1. The Labute approximate surface area is 144 Å².